The van der Waals surface area contributed by atoms with Crippen LogP contribution in [0.1, 0.15) is 34.5 Å². The molecule has 2 unspecified atom stereocenters. The summed E-state index contributed by atoms with van der Waals surface area (Å²) in [5.74, 6) is -0.931. The molecule has 1 aliphatic rings. The van der Waals surface area contributed by atoms with Crippen molar-refractivity contribution in [2.45, 2.75) is 25.9 Å². The lowest BCUT2D eigenvalue weighted by Gasteiger charge is -2.25. The van der Waals surface area contributed by atoms with E-state index in [0.29, 0.717) is 21.7 Å². The standard InChI is InChI=1S/C14H13ClN2O3/c1-7-10(15)5-4-9-11(6-16)17(13(18)12(7)9)8(2)14(19)20-3/h4-5,8,11H,1-3H3. The van der Waals surface area contributed by atoms with Gasteiger partial charge in [-0.25, -0.2) is 4.79 Å². The summed E-state index contributed by atoms with van der Waals surface area (Å²) in [6.45, 7) is 3.26. The van der Waals surface area contributed by atoms with Crippen LogP contribution in [-0.2, 0) is 9.53 Å². The Hall–Kier alpha value is -2.06. The molecule has 2 atom stereocenters. The zero-order valence-electron chi connectivity index (χ0n) is 11.3. The van der Waals surface area contributed by atoms with Crippen LogP contribution in [0.15, 0.2) is 12.1 Å². The molecule has 1 aromatic carbocycles. The van der Waals surface area contributed by atoms with Gasteiger partial charge in [-0.15, -0.1) is 0 Å². The van der Waals surface area contributed by atoms with Crippen molar-refractivity contribution in [2.24, 2.45) is 0 Å². The maximum absolute atomic E-state index is 12.5. The van der Waals surface area contributed by atoms with Gasteiger partial charge >= 0.3 is 5.97 Å². The lowest BCUT2D eigenvalue weighted by molar-refractivity contribution is -0.145. The molecule has 0 bridgehead atoms. The maximum Gasteiger partial charge on any atom is 0.328 e. The van der Waals surface area contributed by atoms with Gasteiger partial charge in [0, 0.05) is 10.6 Å². The molecule has 1 heterocycles. The molecule has 104 valence electrons. The molecule has 0 aromatic heterocycles. The first-order chi connectivity index (χ1) is 9.43. The first-order valence-electron chi connectivity index (χ1n) is 6.03. The van der Waals surface area contributed by atoms with Gasteiger partial charge in [-0.05, 0) is 25.5 Å². The second kappa shape index (κ2) is 5.14. The minimum absolute atomic E-state index is 0.371. The number of benzene rings is 1. The Kier molecular flexibility index (Phi) is 3.69. The minimum Gasteiger partial charge on any atom is -0.467 e. The Bertz CT molecular complexity index is 636. The fourth-order valence-corrected chi connectivity index (χ4v) is 2.59. The predicted octanol–water partition coefficient (Wildman–Crippen LogP) is 2.23. The number of carbonyl (C=O) groups excluding carboxylic acids is 2. The summed E-state index contributed by atoms with van der Waals surface area (Å²) in [5, 5.41) is 9.80. The average molecular weight is 293 g/mol. The van der Waals surface area contributed by atoms with Crippen LogP contribution in [0.4, 0.5) is 0 Å². The van der Waals surface area contributed by atoms with Crippen LogP contribution in [-0.4, -0.2) is 29.9 Å². The average Bonchev–Trinajstić information content (AvgIpc) is 2.73. The van der Waals surface area contributed by atoms with E-state index < -0.39 is 18.1 Å². The smallest absolute Gasteiger partial charge is 0.328 e. The van der Waals surface area contributed by atoms with Crippen LogP contribution < -0.4 is 0 Å². The van der Waals surface area contributed by atoms with E-state index in [0.717, 1.165) is 0 Å². The van der Waals surface area contributed by atoms with E-state index in [-0.39, 0.29) is 5.91 Å². The van der Waals surface area contributed by atoms with Crippen molar-refractivity contribution in [2.75, 3.05) is 7.11 Å². The molecule has 0 N–H and O–H groups in total. The van der Waals surface area contributed by atoms with Crippen LogP contribution in [0.3, 0.4) is 0 Å². The summed E-state index contributed by atoms with van der Waals surface area (Å²) in [4.78, 5) is 25.4. The lowest BCUT2D eigenvalue weighted by atomic mass is 10.0. The van der Waals surface area contributed by atoms with Crippen molar-refractivity contribution in [3.05, 3.63) is 33.8 Å². The van der Waals surface area contributed by atoms with Crippen molar-refractivity contribution in [1.82, 2.24) is 4.90 Å². The van der Waals surface area contributed by atoms with Gasteiger partial charge < -0.3 is 9.64 Å². The number of fused-ring (bicyclic) bond motifs is 1. The van der Waals surface area contributed by atoms with Gasteiger partial charge in [-0.2, -0.15) is 5.26 Å². The molecule has 0 saturated carbocycles. The molecule has 5 nitrogen and oxygen atoms in total. The Balaban J connectivity index is 2.56. The van der Waals surface area contributed by atoms with Gasteiger partial charge in [0.05, 0.1) is 18.7 Å². The van der Waals surface area contributed by atoms with E-state index in [1.165, 1.54) is 18.9 Å². The highest BCUT2D eigenvalue weighted by molar-refractivity contribution is 6.32. The third-order valence-electron chi connectivity index (χ3n) is 3.53. The van der Waals surface area contributed by atoms with Crippen LogP contribution in [0.25, 0.3) is 0 Å². The van der Waals surface area contributed by atoms with Gasteiger partial charge in [0.1, 0.15) is 12.1 Å². The molecule has 0 fully saturated rings. The van der Waals surface area contributed by atoms with E-state index in [1.54, 1.807) is 19.1 Å². The number of rotatable bonds is 2. The zero-order valence-corrected chi connectivity index (χ0v) is 12.1. The molecule has 0 radical (unpaired) electrons. The predicted molar refractivity (Wildman–Crippen MR) is 72.2 cm³/mol. The SMILES string of the molecule is COC(=O)C(C)N1C(=O)c2c(ccc(Cl)c2C)C1C#N. The number of hydrogen-bond donors (Lipinski definition) is 0. The largest absolute Gasteiger partial charge is 0.467 e. The number of nitrogens with zero attached hydrogens (tertiary/aromatic N) is 2. The summed E-state index contributed by atoms with van der Waals surface area (Å²) in [5.41, 5.74) is 1.60. The topological polar surface area (TPSA) is 70.4 Å². The summed E-state index contributed by atoms with van der Waals surface area (Å²) in [7, 11) is 1.25. The molecule has 1 aliphatic heterocycles. The van der Waals surface area contributed by atoms with Gasteiger partial charge in [-0.1, -0.05) is 17.7 Å². The van der Waals surface area contributed by atoms with Crippen molar-refractivity contribution in [3.63, 3.8) is 0 Å². The molecule has 6 heteroatoms. The second-order valence-electron chi connectivity index (χ2n) is 4.58. The summed E-state index contributed by atoms with van der Waals surface area (Å²) >= 11 is 6.02. The highest BCUT2D eigenvalue weighted by Gasteiger charge is 2.43. The normalized spacial score (nSPS) is 18.4. The Morgan fingerprint density at radius 2 is 2.20 bits per heavy atom. The molecule has 0 saturated heterocycles. The van der Waals surface area contributed by atoms with Crippen molar-refractivity contribution < 1.29 is 14.3 Å². The number of amides is 1. The summed E-state index contributed by atoms with van der Waals surface area (Å²) < 4.78 is 4.65. The Morgan fingerprint density at radius 3 is 2.75 bits per heavy atom. The number of nitriles is 1. The number of esters is 1. The summed E-state index contributed by atoms with van der Waals surface area (Å²) in [6.07, 6.45) is 0. The van der Waals surface area contributed by atoms with Gasteiger partial charge in [0.25, 0.3) is 5.91 Å². The van der Waals surface area contributed by atoms with Crippen LogP contribution in [0.5, 0.6) is 0 Å². The van der Waals surface area contributed by atoms with Crippen molar-refractivity contribution in [1.29, 1.82) is 5.26 Å². The number of ether oxygens (including phenoxy) is 1. The first kappa shape index (κ1) is 14.4. The maximum atomic E-state index is 12.5. The molecular weight excluding hydrogens is 280 g/mol. The quantitative estimate of drug-likeness (QED) is 0.784. The monoisotopic (exact) mass is 292 g/mol. The van der Waals surface area contributed by atoms with Gasteiger partial charge in [0.2, 0.25) is 0 Å². The molecular formula is C14H13ClN2O3. The zero-order chi connectivity index (χ0) is 15.0. The third kappa shape index (κ3) is 1.93. The highest BCUT2D eigenvalue weighted by atomic mass is 35.5. The molecule has 20 heavy (non-hydrogen) atoms. The molecule has 2 rings (SSSR count). The van der Waals surface area contributed by atoms with Crippen molar-refractivity contribution >= 4 is 23.5 Å². The third-order valence-corrected chi connectivity index (χ3v) is 3.94. The molecule has 0 aliphatic carbocycles. The number of halogens is 1. The van der Waals surface area contributed by atoms with E-state index in [2.05, 4.69) is 10.8 Å². The van der Waals surface area contributed by atoms with Crippen LogP contribution in [0.2, 0.25) is 5.02 Å². The van der Waals surface area contributed by atoms with Crippen molar-refractivity contribution in [3.8, 4) is 6.07 Å². The Labute approximate surface area is 121 Å². The van der Waals surface area contributed by atoms with Gasteiger partial charge in [-0.3, -0.25) is 4.79 Å². The second-order valence-corrected chi connectivity index (χ2v) is 4.99. The molecule has 1 amide bonds. The number of carbonyl (C=O) groups is 2. The lowest BCUT2D eigenvalue weighted by Crippen LogP contribution is -2.41. The van der Waals surface area contributed by atoms with Gasteiger partial charge in [0.15, 0.2) is 0 Å². The summed E-state index contributed by atoms with van der Waals surface area (Å²) in [6, 6.07) is 3.73. The van der Waals surface area contributed by atoms with Crippen LogP contribution >= 0.6 is 11.6 Å². The molecule has 0 spiro atoms. The number of hydrogen-bond acceptors (Lipinski definition) is 4. The minimum atomic E-state index is -0.831. The van der Waals surface area contributed by atoms with E-state index in [9.17, 15) is 14.9 Å². The number of methoxy groups -OCH3 is 1. The van der Waals surface area contributed by atoms with Crippen LogP contribution in [0, 0.1) is 18.3 Å². The van der Waals surface area contributed by atoms with E-state index >= 15 is 0 Å². The fourth-order valence-electron chi connectivity index (χ4n) is 2.43. The first-order valence-corrected chi connectivity index (χ1v) is 6.41. The van der Waals surface area contributed by atoms with E-state index in [1.807, 2.05) is 0 Å². The Morgan fingerprint density at radius 1 is 1.55 bits per heavy atom. The molecule has 1 aromatic rings. The fraction of sp³-hybridized carbons (Fsp3) is 0.357. The highest BCUT2D eigenvalue weighted by Crippen LogP contribution is 2.38. The van der Waals surface area contributed by atoms with E-state index in [4.69, 9.17) is 11.6 Å².